The summed E-state index contributed by atoms with van der Waals surface area (Å²) in [5, 5.41) is 21.5. The number of carboxylic acids is 1. The van der Waals surface area contributed by atoms with Crippen molar-refractivity contribution < 1.29 is 14.6 Å². The average Bonchev–Trinajstić information content (AvgIpc) is 3.23. The van der Waals surface area contributed by atoms with E-state index in [1.165, 1.54) is 17.8 Å². The fraction of sp³-hybridized carbons (Fsp3) is 0.385. The van der Waals surface area contributed by atoms with E-state index in [0.717, 1.165) is 18.0 Å². The van der Waals surface area contributed by atoms with Crippen LogP contribution in [0.2, 0.25) is 0 Å². The van der Waals surface area contributed by atoms with Crippen LogP contribution in [0.25, 0.3) is 0 Å². The Kier molecular flexibility index (Phi) is 4.05. The maximum Gasteiger partial charge on any atom is 0.339 e. The molecule has 1 N–H and O–H groups in total. The highest BCUT2D eigenvalue weighted by atomic mass is 32.2. The Labute approximate surface area is 125 Å². The lowest BCUT2D eigenvalue weighted by Gasteiger charge is -2.08. The first-order valence-electron chi connectivity index (χ1n) is 6.61. The third-order valence-corrected chi connectivity index (χ3v) is 3.94. The van der Waals surface area contributed by atoms with E-state index < -0.39 is 5.97 Å². The zero-order valence-electron chi connectivity index (χ0n) is 11.2. The molecule has 1 aromatic carbocycles. The molecule has 1 aliphatic rings. The van der Waals surface area contributed by atoms with E-state index in [-0.39, 0.29) is 5.56 Å². The molecule has 0 amide bonds. The van der Waals surface area contributed by atoms with E-state index in [0.29, 0.717) is 24.2 Å². The number of aromatic carboxylic acids is 1. The SMILES string of the molecule is O=C(O)c1ccccc1OCCSc1nnnn1C1CC1. The van der Waals surface area contributed by atoms with E-state index >= 15 is 0 Å². The van der Waals surface area contributed by atoms with Crippen molar-refractivity contribution in [3.05, 3.63) is 29.8 Å². The molecule has 7 nitrogen and oxygen atoms in total. The van der Waals surface area contributed by atoms with Gasteiger partial charge in [0.2, 0.25) is 5.16 Å². The van der Waals surface area contributed by atoms with Gasteiger partial charge in [-0.2, -0.15) is 0 Å². The Morgan fingerprint density at radius 3 is 3.00 bits per heavy atom. The van der Waals surface area contributed by atoms with E-state index in [9.17, 15) is 4.79 Å². The second-order valence-corrected chi connectivity index (χ2v) is 5.70. The van der Waals surface area contributed by atoms with Gasteiger partial charge in [-0.05, 0) is 35.4 Å². The minimum Gasteiger partial charge on any atom is -0.492 e. The summed E-state index contributed by atoms with van der Waals surface area (Å²) < 4.78 is 7.38. The lowest BCUT2D eigenvalue weighted by molar-refractivity contribution is 0.0692. The minimum absolute atomic E-state index is 0.172. The van der Waals surface area contributed by atoms with Gasteiger partial charge in [0.25, 0.3) is 0 Å². The van der Waals surface area contributed by atoms with E-state index in [1.54, 1.807) is 18.2 Å². The summed E-state index contributed by atoms with van der Waals surface area (Å²) in [6.45, 7) is 0.395. The molecule has 1 fully saturated rings. The van der Waals surface area contributed by atoms with Gasteiger partial charge < -0.3 is 9.84 Å². The molecule has 0 unspecified atom stereocenters. The molecule has 0 bridgehead atoms. The monoisotopic (exact) mass is 306 g/mol. The molecule has 0 spiro atoms. The average molecular weight is 306 g/mol. The number of rotatable bonds is 7. The lowest BCUT2D eigenvalue weighted by atomic mass is 10.2. The van der Waals surface area contributed by atoms with Crippen LogP contribution in [0.15, 0.2) is 29.4 Å². The van der Waals surface area contributed by atoms with Crippen LogP contribution in [-0.2, 0) is 0 Å². The number of aromatic nitrogens is 4. The molecule has 3 rings (SSSR count). The van der Waals surface area contributed by atoms with Crippen LogP contribution in [0.5, 0.6) is 5.75 Å². The summed E-state index contributed by atoms with van der Waals surface area (Å²) in [5.74, 6) is 0.0458. The van der Waals surface area contributed by atoms with Gasteiger partial charge in [-0.1, -0.05) is 23.9 Å². The molecule has 1 aliphatic carbocycles. The van der Waals surface area contributed by atoms with E-state index in [2.05, 4.69) is 15.5 Å². The van der Waals surface area contributed by atoms with Crippen LogP contribution in [0.3, 0.4) is 0 Å². The van der Waals surface area contributed by atoms with Crippen molar-refractivity contribution in [3.8, 4) is 5.75 Å². The lowest BCUT2D eigenvalue weighted by Crippen LogP contribution is -2.06. The number of carboxylic acid groups (broad SMARTS) is 1. The topological polar surface area (TPSA) is 90.1 Å². The molecular weight excluding hydrogens is 292 g/mol. The van der Waals surface area contributed by atoms with Crippen LogP contribution >= 0.6 is 11.8 Å². The summed E-state index contributed by atoms with van der Waals surface area (Å²) in [4.78, 5) is 11.1. The number of thioether (sulfide) groups is 1. The van der Waals surface area contributed by atoms with Crippen LogP contribution in [0.4, 0.5) is 0 Å². The highest BCUT2D eigenvalue weighted by molar-refractivity contribution is 7.99. The Balaban J connectivity index is 1.52. The Morgan fingerprint density at radius 2 is 2.24 bits per heavy atom. The first kappa shape index (κ1) is 13.9. The zero-order valence-corrected chi connectivity index (χ0v) is 12.0. The van der Waals surface area contributed by atoms with Gasteiger partial charge in [-0.3, -0.25) is 0 Å². The van der Waals surface area contributed by atoms with Gasteiger partial charge in [0.1, 0.15) is 11.3 Å². The first-order valence-corrected chi connectivity index (χ1v) is 7.60. The predicted molar refractivity (Wildman–Crippen MR) is 75.7 cm³/mol. The molecular formula is C13H14N4O3S. The molecule has 0 radical (unpaired) electrons. The summed E-state index contributed by atoms with van der Waals surface area (Å²) in [5.41, 5.74) is 0.172. The molecule has 2 aromatic rings. The Hall–Kier alpha value is -2.09. The van der Waals surface area contributed by atoms with Gasteiger partial charge in [-0.15, -0.1) is 5.10 Å². The highest BCUT2D eigenvalue weighted by Gasteiger charge is 2.27. The highest BCUT2D eigenvalue weighted by Crippen LogP contribution is 2.36. The second-order valence-electron chi connectivity index (χ2n) is 4.64. The maximum absolute atomic E-state index is 11.1. The van der Waals surface area contributed by atoms with Crippen molar-refractivity contribution in [3.63, 3.8) is 0 Å². The third-order valence-electron chi connectivity index (χ3n) is 3.04. The second kappa shape index (κ2) is 6.13. The van der Waals surface area contributed by atoms with E-state index in [1.807, 2.05) is 4.68 Å². The number of benzene rings is 1. The van der Waals surface area contributed by atoms with Crippen molar-refractivity contribution in [2.24, 2.45) is 0 Å². The van der Waals surface area contributed by atoms with Crippen molar-refractivity contribution in [1.82, 2.24) is 20.2 Å². The van der Waals surface area contributed by atoms with Crippen molar-refractivity contribution >= 4 is 17.7 Å². The Bertz CT molecular complexity index is 642. The molecule has 1 heterocycles. The number of para-hydroxylation sites is 1. The standard InChI is InChI=1S/C13H14N4O3S/c18-12(19)10-3-1-2-4-11(10)20-7-8-21-13-14-15-16-17(13)9-5-6-9/h1-4,9H,5-8H2,(H,18,19). The first-order chi connectivity index (χ1) is 10.3. The van der Waals surface area contributed by atoms with Gasteiger partial charge in [-0.25, -0.2) is 9.48 Å². The summed E-state index contributed by atoms with van der Waals surface area (Å²) in [7, 11) is 0. The maximum atomic E-state index is 11.1. The number of ether oxygens (including phenoxy) is 1. The number of hydrogen-bond donors (Lipinski definition) is 1. The molecule has 0 atom stereocenters. The number of hydrogen-bond acceptors (Lipinski definition) is 6. The molecule has 1 aromatic heterocycles. The zero-order chi connectivity index (χ0) is 14.7. The third kappa shape index (κ3) is 3.33. The molecule has 8 heteroatoms. The fourth-order valence-corrected chi connectivity index (χ4v) is 2.64. The van der Waals surface area contributed by atoms with Crippen LogP contribution < -0.4 is 4.74 Å². The normalized spacial score (nSPS) is 14.1. The smallest absolute Gasteiger partial charge is 0.339 e. The molecule has 0 saturated heterocycles. The van der Waals surface area contributed by atoms with Gasteiger partial charge in [0.15, 0.2) is 0 Å². The molecule has 110 valence electrons. The number of nitrogens with zero attached hydrogens (tertiary/aromatic N) is 4. The molecule has 1 saturated carbocycles. The van der Waals surface area contributed by atoms with Crippen LogP contribution in [0, 0.1) is 0 Å². The van der Waals surface area contributed by atoms with Crippen molar-refractivity contribution in [2.45, 2.75) is 24.0 Å². The quantitative estimate of drug-likeness (QED) is 0.617. The van der Waals surface area contributed by atoms with Crippen molar-refractivity contribution in [2.75, 3.05) is 12.4 Å². The van der Waals surface area contributed by atoms with Gasteiger partial charge in [0, 0.05) is 5.75 Å². The van der Waals surface area contributed by atoms with Gasteiger partial charge >= 0.3 is 5.97 Å². The summed E-state index contributed by atoms with van der Waals surface area (Å²) >= 11 is 1.51. The molecule has 0 aliphatic heterocycles. The summed E-state index contributed by atoms with van der Waals surface area (Å²) in [6, 6.07) is 7.05. The predicted octanol–water partition coefficient (Wildman–Crippen LogP) is 1.88. The number of tetrazole rings is 1. The Morgan fingerprint density at radius 1 is 1.43 bits per heavy atom. The summed E-state index contributed by atoms with van der Waals surface area (Å²) in [6.07, 6.45) is 2.25. The largest absolute Gasteiger partial charge is 0.492 e. The van der Waals surface area contributed by atoms with Crippen LogP contribution in [0.1, 0.15) is 29.2 Å². The fourth-order valence-electron chi connectivity index (χ4n) is 1.88. The van der Waals surface area contributed by atoms with Crippen molar-refractivity contribution in [1.29, 1.82) is 0 Å². The van der Waals surface area contributed by atoms with E-state index in [4.69, 9.17) is 9.84 Å². The minimum atomic E-state index is -0.990. The number of carbonyl (C=O) groups is 1. The molecule has 21 heavy (non-hydrogen) atoms. The van der Waals surface area contributed by atoms with Gasteiger partial charge in [0.05, 0.1) is 12.6 Å². The van der Waals surface area contributed by atoms with Crippen LogP contribution in [-0.4, -0.2) is 43.6 Å².